The summed E-state index contributed by atoms with van der Waals surface area (Å²) in [5.41, 5.74) is 0.167. The predicted octanol–water partition coefficient (Wildman–Crippen LogP) is 4.21. The molecule has 0 aliphatic heterocycles. The first-order valence-corrected chi connectivity index (χ1v) is 8.30. The molecule has 3 nitrogen and oxygen atoms in total. The fourth-order valence-electron chi connectivity index (χ4n) is 4.20. The Morgan fingerprint density at radius 2 is 1.88 bits per heavy atom. The van der Waals surface area contributed by atoms with Crippen LogP contribution in [0, 0.1) is 12.3 Å². The van der Waals surface area contributed by atoms with Crippen molar-refractivity contribution in [1.29, 1.82) is 0 Å². The lowest BCUT2D eigenvalue weighted by atomic mass is 9.67. The van der Waals surface area contributed by atoms with Crippen molar-refractivity contribution in [2.45, 2.75) is 44.9 Å². The summed E-state index contributed by atoms with van der Waals surface area (Å²) in [6.45, 7) is 3.51. The van der Waals surface area contributed by atoms with Gasteiger partial charge in [0, 0.05) is 5.41 Å². The van der Waals surface area contributed by atoms with Gasteiger partial charge in [-0.15, -0.1) is 0 Å². The van der Waals surface area contributed by atoms with Crippen LogP contribution in [0.4, 0.5) is 13.2 Å². The van der Waals surface area contributed by atoms with Gasteiger partial charge in [0.25, 0.3) is 0 Å². The lowest BCUT2D eigenvalue weighted by molar-refractivity contribution is -0.287. The van der Waals surface area contributed by atoms with Crippen LogP contribution in [0.3, 0.4) is 0 Å². The van der Waals surface area contributed by atoms with Gasteiger partial charge in [0.2, 0.25) is 0 Å². The average Bonchev–Trinajstić information content (AvgIpc) is 3.05. The fraction of sp³-hybridized carbons (Fsp3) is 0.421. The van der Waals surface area contributed by atoms with E-state index in [0.29, 0.717) is 5.57 Å². The number of aromatic nitrogens is 2. The molecule has 0 unspecified atom stereocenters. The summed E-state index contributed by atoms with van der Waals surface area (Å²) < 4.78 is 42.4. The van der Waals surface area contributed by atoms with Crippen molar-refractivity contribution in [2.75, 3.05) is 0 Å². The average molecular weight is 348 g/mol. The zero-order valence-electron chi connectivity index (χ0n) is 14.1. The summed E-state index contributed by atoms with van der Waals surface area (Å²) >= 11 is 0. The molecule has 0 radical (unpaired) electrons. The van der Waals surface area contributed by atoms with Gasteiger partial charge < -0.3 is 5.11 Å². The molecular weight excluding hydrogens is 329 g/mol. The zero-order valence-corrected chi connectivity index (χ0v) is 14.1. The van der Waals surface area contributed by atoms with E-state index in [1.165, 1.54) is 6.92 Å². The molecule has 2 aliphatic rings. The zero-order chi connectivity index (χ0) is 18.0. The Morgan fingerprint density at radius 1 is 1.20 bits per heavy atom. The van der Waals surface area contributed by atoms with E-state index in [0.717, 1.165) is 22.5 Å². The van der Waals surface area contributed by atoms with Crippen LogP contribution in [-0.4, -0.2) is 26.7 Å². The highest BCUT2D eigenvalue weighted by Crippen LogP contribution is 2.60. The van der Waals surface area contributed by atoms with Gasteiger partial charge in [0.15, 0.2) is 5.60 Å². The Labute approximate surface area is 143 Å². The summed E-state index contributed by atoms with van der Waals surface area (Å²) in [5, 5.41) is 14.8. The van der Waals surface area contributed by atoms with Crippen molar-refractivity contribution < 1.29 is 18.3 Å². The van der Waals surface area contributed by atoms with Gasteiger partial charge >= 0.3 is 6.18 Å². The van der Waals surface area contributed by atoms with Crippen molar-refractivity contribution >= 4 is 6.08 Å². The quantitative estimate of drug-likeness (QED) is 0.838. The number of alkyl halides is 3. The minimum Gasteiger partial charge on any atom is -0.380 e. The largest absolute Gasteiger partial charge is 0.418 e. The molecule has 25 heavy (non-hydrogen) atoms. The first kappa shape index (κ1) is 16.4. The Hall–Kier alpha value is -2.08. The van der Waals surface area contributed by atoms with Gasteiger partial charge in [0.1, 0.15) is 0 Å². The van der Waals surface area contributed by atoms with Gasteiger partial charge in [-0.05, 0) is 50.0 Å². The highest BCUT2D eigenvalue weighted by molar-refractivity contribution is 5.63. The number of hydrogen-bond donors (Lipinski definition) is 1. The molecule has 0 saturated heterocycles. The minimum absolute atomic E-state index is 0.135. The third-order valence-corrected chi connectivity index (χ3v) is 5.87. The molecule has 1 aromatic heterocycles. The first-order chi connectivity index (χ1) is 11.7. The van der Waals surface area contributed by atoms with Crippen molar-refractivity contribution in [3.05, 3.63) is 52.9 Å². The van der Waals surface area contributed by atoms with E-state index >= 15 is 0 Å². The summed E-state index contributed by atoms with van der Waals surface area (Å²) in [5.74, 6) is 0. The number of aryl methyl sites for hydroxylation is 1. The number of benzene rings is 1. The van der Waals surface area contributed by atoms with E-state index in [4.69, 9.17) is 0 Å². The predicted molar refractivity (Wildman–Crippen MR) is 88.3 cm³/mol. The Balaban J connectivity index is 1.81. The molecule has 132 valence electrons. The highest BCUT2D eigenvalue weighted by atomic mass is 19.4. The van der Waals surface area contributed by atoms with E-state index in [1.54, 1.807) is 17.0 Å². The van der Waals surface area contributed by atoms with Crippen LogP contribution in [0.5, 0.6) is 0 Å². The lowest BCUT2D eigenvalue weighted by Gasteiger charge is -2.43. The molecule has 0 amide bonds. The summed E-state index contributed by atoms with van der Waals surface area (Å²) in [6, 6.07) is 7.83. The number of hydrogen-bond acceptors (Lipinski definition) is 2. The van der Waals surface area contributed by atoms with Crippen LogP contribution in [-0.2, 0) is 6.42 Å². The molecular formula is C19H19F3N2O. The lowest BCUT2D eigenvalue weighted by Crippen LogP contribution is -2.55. The van der Waals surface area contributed by atoms with Crippen LogP contribution in [0.15, 0.2) is 36.0 Å². The number of halogens is 3. The molecule has 2 aromatic rings. The van der Waals surface area contributed by atoms with Gasteiger partial charge in [-0.25, -0.2) is 4.68 Å². The monoisotopic (exact) mass is 348 g/mol. The van der Waals surface area contributed by atoms with Crippen LogP contribution < -0.4 is 0 Å². The fourth-order valence-corrected chi connectivity index (χ4v) is 4.20. The third-order valence-electron chi connectivity index (χ3n) is 5.87. The topological polar surface area (TPSA) is 38.0 Å². The van der Waals surface area contributed by atoms with Crippen molar-refractivity contribution in [3.63, 3.8) is 0 Å². The number of nitrogens with zero attached hydrogens (tertiary/aromatic N) is 2. The molecule has 0 spiro atoms. The first-order valence-electron chi connectivity index (χ1n) is 8.30. The van der Waals surface area contributed by atoms with E-state index in [1.807, 2.05) is 31.2 Å². The number of aliphatic hydroxyl groups is 1. The Bertz CT molecular complexity index is 866. The molecule has 1 saturated carbocycles. The van der Waals surface area contributed by atoms with E-state index in [-0.39, 0.29) is 19.3 Å². The molecule has 1 N–H and O–H groups in total. The van der Waals surface area contributed by atoms with Crippen LogP contribution >= 0.6 is 0 Å². The Morgan fingerprint density at radius 3 is 2.52 bits per heavy atom. The van der Waals surface area contributed by atoms with Crippen LogP contribution in [0.1, 0.15) is 36.6 Å². The molecule has 4 rings (SSSR count). The molecule has 1 fully saturated rings. The second-order valence-electron chi connectivity index (χ2n) is 7.34. The minimum atomic E-state index is -4.65. The second kappa shape index (κ2) is 4.97. The third kappa shape index (κ3) is 2.13. The summed E-state index contributed by atoms with van der Waals surface area (Å²) in [6.07, 6.45) is -1.16. The summed E-state index contributed by atoms with van der Waals surface area (Å²) in [4.78, 5) is 0. The molecule has 1 aromatic carbocycles. The summed E-state index contributed by atoms with van der Waals surface area (Å²) in [7, 11) is 0. The molecule has 6 heteroatoms. The van der Waals surface area contributed by atoms with Gasteiger partial charge in [-0.1, -0.05) is 30.2 Å². The Kier molecular flexibility index (Phi) is 3.26. The van der Waals surface area contributed by atoms with E-state index < -0.39 is 17.2 Å². The van der Waals surface area contributed by atoms with Crippen LogP contribution in [0.25, 0.3) is 11.8 Å². The van der Waals surface area contributed by atoms with Crippen LogP contribution in [0.2, 0.25) is 0 Å². The normalized spacial score (nSPS) is 28.5. The molecule has 2 atom stereocenters. The maximum Gasteiger partial charge on any atom is 0.418 e. The van der Waals surface area contributed by atoms with E-state index in [2.05, 4.69) is 5.10 Å². The number of rotatable bonds is 1. The molecule has 2 aliphatic carbocycles. The van der Waals surface area contributed by atoms with Crippen molar-refractivity contribution in [1.82, 2.24) is 9.78 Å². The van der Waals surface area contributed by atoms with Gasteiger partial charge in [-0.3, -0.25) is 0 Å². The van der Waals surface area contributed by atoms with Gasteiger partial charge in [-0.2, -0.15) is 18.3 Å². The molecule has 1 heterocycles. The molecule has 0 bridgehead atoms. The SMILES string of the molecule is Cc1ccc(-n2ncc3c2C=C2CC[C@@](O)(C(F)(F)F)[C@@]2(C)C3)cc1. The van der Waals surface area contributed by atoms with Gasteiger partial charge in [0.05, 0.1) is 17.6 Å². The second-order valence-corrected chi connectivity index (χ2v) is 7.34. The van der Waals surface area contributed by atoms with Crippen molar-refractivity contribution in [3.8, 4) is 5.69 Å². The van der Waals surface area contributed by atoms with E-state index in [9.17, 15) is 18.3 Å². The maximum absolute atomic E-state index is 13.5. The van der Waals surface area contributed by atoms with Crippen molar-refractivity contribution in [2.24, 2.45) is 5.41 Å². The highest BCUT2D eigenvalue weighted by Gasteiger charge is 2.68. The standard InChI is InChI=1S/C19H19F3N2O/c1-12-3-5-15(6-4-12)24-16-9-14-7-8-18(25,19(20,21)22)17(14,2)10-13(16)11-23-24/h3-6,9,11,25H,7-8,10H2,1-2H3/t17-,18-/m0/s1. The maximum atomic E-state index is 13.5. The smallest absolute Gasteiger partial charge is 0.380 e. The number of fused-ring (bicyclic) bond motifs is 2.